The highest BCUT2D eigenvalue weighted by Crippen LogP contribution is 2.58. The molecule has 0 spiro atoms. The van der Waals surface area contributed by atoms with Gasteiger partial charge in [0, 0.05) is 45.0 Å². The second-order valence-electron chi connectivity index (χ2n) is 24.0. The van der Waals surface area contributed by atoms with Crippen LogP contribution in [-0.2, 0) is 71.3 Å². The lowest BCUT2D eigenvalue weighted by Crippen LogP contribution is -2.50. The summed E-state index contributed by atoms with van der Waals surface area (Å²) >= 11 is 12.0. The van der Waals surface area contributed by atoms with E-state index >= 15 is 4.39 Å². The number of ether oxygens (including phenoxy) is 3. The molecule has 0 radical (unpaired) electrons. The van der Waals surface area contributed by atoms with Gasteiger partial charge < -0.3 is 57.6 Å². The molecule has 3 fully saturated rings. The van der Waals surface area contributed by atoms with E-state index in [-0.39, 0.29) is 60.6 Å². The van der Waals surface area contributed by atoms with Crippen molar-refractivity contribution in [2.75, 3.05) is 61.6 Å². The fourth-order valence-electron chi connectivity index (χ4n) is 10.1. The van der Waals surface area contributed by atoms with Gasteiger partial charge in [-0.1, -0.05) is 76.8 Å². The molecule has 2 bridgehead atoms. The Morgan fingerprint density at radius 3 is 2.30 bits per heavy atom. The molecule has 0 saturated carbocycles. The van der Waals surface area contributed by atoms with E-state index in [1.165, 1.54) is 17.2 Å². The SMILES string of the molecule is CC(C)(C)[Si](C)(C)O[C@H]1[C@H]2OP(=S)(OCCC#N)OC[C@H]3O[C@@H](n4cc5c6c(ncnc64)N(C(=O)c4ccccc4)CCC5)[C@H](F)[C@@H]3OP(O)(=S)OC[C@H]1O[C@H]2n1cnc2c(NC(=O)c3ccccc3)nc(NCCNC(=O)OCC[Si](C)(C)C)nc21. The summed E-state index contributed by atoms with van der Waals surface area (Å²) in [7, 11) is -4.31. The van der Waals surface area contributed by atoms with Crippen LogP contribution in [-0.4, -0.2) is 156 Å². The molecule has 6 aromatic rings. The molecule has 2 aromatic carbocycles. The predicted octanol–water partition coefficient (Wildman–Crippen LogP) is 9.30. The summed E-state index contributed by atoms with van der Waals surface area (Å²) in [6.07, 6.45) is -6.61. The first-order chi connectivity index (χ1) is 41.3. The number of amides is 3. The number of aryl methyl sites for hydroxylation is 1. The first-order valence-corrected chi connectivity index (χ1v) is 40.3. The van der Waals surface area contributed by atoms with Gasteiger partial charge in [0.05, 0.1) is 50.6 Å². The number of hydrogen-bond acceptors (Lipinski definition) is 21. The zero-order valence-corrected chi connectivity index (χ0v) is 54.8. The summed E-state index contributed by atoms with van der Waals surface area (Å²) in [6, 6.07) is 20.2. The van der Waals surface area contributed by atoms with Gasteiger partial charge in [-0.25, -0.2) is 24.1 Å². The maximum absolute atomic E-state index is 17.7. The Kier molecular flexibility index (Phi) is 19.6. The maximum atomic E-state index is 17.7. The minimum Gasteiger partial charge on any atom is -0.450 e. The third kappa shape index (κ3) is 14.7. The molecule has 4 aliphatic rings. The number of hydrogen-bond donors (Lipinski definition) is 4. The number of aromatic nitrogens is 7. The zero-order chi connectivity index (χ0) is 62.1. The van der Waals surface area contributed by atoms with E-state index in [4.69, 9.17) is 74.8 Å². The number of carbonyl (C=O) groups is 3. The molecule has 25 nitrogen and oxygen atoms in total. The predicted molar refractivity (Wildman–Crippen MR) is 333 cm³/mol. The normalized spacial score (nSPS) is 26.2. The van der Waals surface area contributed by atoms with Gasteiger partial charge in [-0.15, -0.1) is 0 Å². The zero-order valence-electron chi connectivity index (χ0n) is 49.4. The average molecular weight is 1310 g/mol. The van der Waals surface area contributed by atoms with Crippen LogP contribution in [0.25, 0.3) is 22.2 Å². The van der Waals surface area contributed by atoms with Gasteiger partial charge in [-0.3, -0.25) is 28.1 Å². The highest BCUT2D eigenvalue weighted by Gasteiger charge is 2.56. The summed E-state index contributed by atoms with van der Waals surface area (Å²) in [6.45, 7) is 7.70. The van der Waals surface area contributed by atoms with E-state index in [0.29, 0.717) is 48.3 Å². The van der Waals surface area contributed by atoms with E-state index in [9.17, 15) is 24.5 Å². The highest BCUT2D eigenvalue weighted by atomic mass is 32.5. The van der Waals surface area contributed by atoms with Gasteiger partial charge in [-0.05, 0) is 90.5 Å². The van der Waals surface area contributed by atoms with Gasteiger partial charge in [0.1, 0.15) is 48.3 Å². The van der Waals surface area contributed by atoms with Crippen molar-refractivity contribution >= 4 is 111 Å². The number of halogens is 1. The van der Waals surface area contributed by atoms with Gasteiger partial charge in [0.15, 0.2) is 43.9 Å². The minimum atomic E-state index is -4.47. The van der Waals surface area contributed by atoms with Crippen molar-refractivity contribution < 1.29 is 64.9 Å². The Bertz CT molecular complexity index is 3640. The number of nitrogens with zero attached hydrogens (tertiary/aromatic N) is 9. The smallest absolute Gasteiger partial charge is 0.407 e. The van der Waals surface area contributed by atoms with E-state index in [2.05, 4.69) is 56.6 Å². The van der Waals surface area contributed by atoms with Crippen molar-refractivity contribution in [3.63, 3.8) is 0 Å². The maximum Gasteiger partial charge on any atom is 0.407 e. The molecular formula is C55H71FN12O13P2S2Si2. The molecule has 10 rings (SSSR count). The van der Waals surface area contributed by atoms with Crippen LogP contribution in [0.4, 0.5) is 26.8 Å². The monoisotopic (exact) mass is 1310 g/mol. The highest BCUT2D eigenvalue weighted by molar-refractivity contribution is 8.07. The Balaban J connectivity index is 1.00. The number of nitrogens with one attached hydrogen (secondary N) is 3. The van der Waals surface area contributed by atoms with E-state index in [1.807, 2.05) is 39.9 Å². The van der Waals surface area contributed by atoms with Gasteiger partial charge in [0.25, 0.3) is 11.8 Å². The van der Waals surface area contributed by atoms with Crippen LogP contribution in [0.3, 0.4) is 0 Å². The quantitative estimate of drug-likeness (QED) is 0.0375. The Morgan fingerprint density at radius 1 is 0.874 bits per heavy atom. The molecule has 466 valence electrons. The van der Waals surface area contributed by atoms with Crippen LogP contribution in [0.5, 0.6) is 0 Å². The number of rotatable bonds is 17. The number of imidazole rings is 1. The second kappa shape index (κ2) is 26.5. The average Bonchev–Trinajstić information content (AvgIpc) is 2.38. The van der Waals surface area contributed by atoms with Crippen LogP contribution >= 0.6 is 13.4 Å². The molecule has 0 aliphatic carbocycles. The molecule has 2 unspecified atom stereocenters. The first kappa shape index (κ1) is 64.4. The van der Waals surface area contributed by atoms with Gasteiger partial charge in [0.2, 0.25) is 5.95 Å². The Hall–Kier alpha value is -5.59. The number of alkyl halides is 1. The summed E-state index contributed by atoms with van der Waals surface area (Å²) in [5, 5.41) is 18.6. The standard InChI is InChI=1S/C55H71FN12O13P2S2Si2/c1-55(2,3)87(7,8)81-43-38-30-75-82(72,84)79-42-37(77-51(40(42)56)67-29-36-21-15-25-66(46-39(36)47(67)61-32-60-46)50(70)35-19-13-10-14-20-35)31-76-83(85,74-26-16-22-57)80-44(43)52(78-38)68-33-62-41-45(63-49(69)34-17-11-9-12-18-34)64-53(65-48(41)68)58-23-24-59-54(71)73-27-28-86(4,5)6/h9-14,17-20,29,32-33,37-38,40,42-44,51-52H,15-16,21,23-28,30-31H2,1-8H3,(H,59,71)(H,72,84)(H2,58,63,64,65,69)/t37-,38-,40-,42-,43-,44-,51-,52-,82?,83?/m1/s1. The van der Waals surface area contributed by atoms with Gasteiger partial charge in [-0.2, -0.15) is 15.2 Å². The topological polar surface area (TPSA) is 292 Å². The van der Waals surface area contributed by atoms with Crippen LogP contribution in [0, 0.1) is 11.3 Å². The Labute approximate surface area is 514 Å². The fourth-order valence-corrected chi connectivity index (χ4v) is 15.6. The summed E-state index contributed by atoms with van der Waals surface area (Å²) in [4.78, 5) is 77.5. The molecule has 32 heteroatoms. The lowest BCUT2D eigenvalue weighted by atomic mass is 10.1. The number of anilines is 3. The van der Waals surface area contributed by atoms with E-state index < -0.39 is 109 Å². The van der Waals surface area contributed by atoms with Crippen LogP contribution < -0.4 is 20.9 Å². The molecule has 87 heavy (non-hydrogen) atoms. The molecule has 10 atom stereocenters. The van der Waals surface area contributed by atoms with Crippen molar-refractivity contribution in [1.82, 2.24) is 39.4 Å². The minimum absolute atomic E-state index is 0.0164. The Morgan fingerprint density at radius 2 is 1.59 bits per heavy atom. The number of nitriles is 1. The molecule has 4 N–H and O–H groups in total. The number of carbonyl (C=O) groups excluding carboxylic acids is 3. The largest absolute Gasteiger partial charge is 0.450 e. The third-order valence-electron chi connectivity index (χ3n) is 15.6. The van der Waals surface area contributed by atoms with Crippen molar-refractivity contribution in [1.29, 1.82) is 5.26 Å². The lowest BCUT2D eigenvalue weighted by molar-refractivity contribution is -0.0615. The van der Waals surface area contributed by atoms with Crippen molar-refractivity contribution in [3.05, 3.63) is 96.2 Å². The molecule has 4 aliphatic heterocycles. The fraction of sp³-hybridized carbons (Fsp3) is 0.509. The molecule has 3 amide bonds. The number of fused-ring (bicyclic) bond motifs is 4. The van der Waals surface area contributed by atoms with Crippen molar-refractivity contribution in [2.45, 2.75) is 133 Å². The third-order valence-corrected chi connectivity index (χ3v) is 25.7. The lowest BCUT2D eigenvalue weighted by Gasteiger charge is -2.41. The van der Waals surface area contributed by atoms with E-state index in [1.54, 1.807) is 70.3 Å². The number of benzene rings is 2. The van der Waals surface area contributed by atoms with Crippen LogP contribution in [0.2, 0.25) is 43.8 Å². The molecule has 3 saturated heterocycles. The van der Waals surface area contributed by atoms with E-state index in [0.717, 1.165) is 11.6 Å². The van der Waals surface area contributed by atoms with Crippen molar-refractivity contribution in [2.24, 2.45) is 0 Å². The molecule has 4 aromatic heterocycles. The van der Waals surface area contributed by atoms with Crippen LogP contribution in [0.1, 0.15) is 72.3 Å². The molecular weight excluding hydrogens is 1240 g/mol. The molecule has 8 heterocycles. The van der Waals surface area contributed by atoms with Crippen LogP contribution in [0.15, 0.2) is 79.5 Å². The summed E-state index contributed by atoms with van der Waals surface area (Å²) < 4.78 is 79.1. The number of alkyl carbamates (subject to hydrolysis) is 1. The first-order valence-electron chi connectivity index (χ1n) is 28.5. The van der Waals surface area contributed by atoms with Crippen molar-refractivity contribution in [3.8, 4) is 6.07 Å². The summed E-state index contributed by atoms with van der Waals surface area (Å²) in [5.41, 5.74) is 2.09. The second-order valence-corrected chi connectivity index (χ2v) is 40.2. The summed E-state index contributed by atoms with van der Waals surface area (Å²) in [5.74, 6) is -0.361. The van der Waals surface area contributed by atoms with Gasteiger partial charge >= 0.3 is 19.5 Å².